The third-order valence-electron chi connectivity index (χ3n) is 3.84. The van der Waals surface area contributed by atoms with Crippen LogP contribution in [-0.2, 0) is 6.54 Å². The fourth-order valence-electron chi connectivity index (χ4n) is 2.41. The number of anilines is 1. The predicted octanol–water partition coefficient (Wildman–Crippen LogP) is 3.44. The molecule has 2 N–H and O–H groups in total. The second-order valence-electron chi connectivity index (χ2n) is 5.31. The molecule has 0 radical (unpaired) electrons. The highest BCUT2D eigenvalue weighted by Crippen LogP contribution is 2.20. The van der Waals surface area contributed by atoms with E-state index in [0.29, 0.717) is 6.04 Å². The highest BCUT2D eigenvalue weighted by Gasteiger charge is 2.07. The summed E-state index contributed by atoms with van der Waals surface area (Å²) < 4.78 is 4.23. The predicted molar refractivity (Wildman–Crippen MR) is 82.7 cm³/mol. The van der Waals surface area contributed by atoms with Crippen molar-refractivity contribution in [2.75, 3.05) is 5.73 Å². The van der Waals surface area contributed by atoms with Gasteiger partial charge >= 0.3 is 0 Å². The fraction of sp³-hybridized carbons (Fsp3) is 0.312. The maximum atomic E-state index is 5.87. The van der Waals surface area contributed by atoms with Crippen molar-refractivity contribution in [1.29, 1.82) is 0 Å². The Labute approximate surface area is 118 Å². The average molecular weight is 268 g/mol. The van der Waals surface area contributed by atoms with Gasteiger partial charge in [0, 0.05) is 24.1 Å². The zero-order valence-corrected chi connectivity index (χ0v) is 12.0. The minimum atomic E-state index is 0.445. The lowest BCUT2D eigenvalue weighted by molar-refractivity contribution is 0.472. The van der Waals surface area contributed by atoms with Gasteiger partial charge in [-0.2, -0.15) is 5.10 Å². The van der Waals surface area contributed by atoms with E-state index in [1.165, 1.54) is 5.39 Å². The van der Waals surface area contributed by atoms with Crippen LogP contribution in [-0.4, -0.2) is 14.3 Å². The van der Waals surface area contributed by atoms with Crippen molar-refractivity contribution in [3.05, 3.63) is 48.4 Å². The Kier molecular flexibility index (Phi) is 3.22. The maximum absolute atomic E-state index is 5.87. The molecule has 1 aromatic carbocycles. The van der Waals surface area contributed by atoms with Gasteiger partial charge in [-0.3, -0.25) is 4.68 Å². The van der Waals surface area contributed by atoms with E-state index in [-0.39, 0.29) is 0 Å². The monoisotopic (exact) mass is 268 g/mol. The highest BCUT2D eigenvalue weighted by atomic mass is 15.3. The van der Waals surface area contributed by atoms with E-state index in [0.717, 1.165) is 29.9 Å². The Balaban J connectivity index is 1.89. The Morgan fingerprint density at radius 2 is 2.05 bits per heavy atom. The molecular weight excluding hydrogens is 248 g/mol. The van der Waals surface area contributed by atoms with E-state index in [9.17, 15) is 0 Å². The van der Waals surface area contributed by atoms with E-state index in [4.69, 9.17) is 5.73 Å². The summed E-state index contributed by atoms with van der Waals surface area (Å²) >= 11 is 0. The molecule has 0 bridgehead atoms. The van der Waals surface area contributed by atoms with Crippen molar-refractivity contribution in [3.63, 3.8) is 0 Å². The first kappa shape index (κ1) is 12.8. The van der Waals surface area contributed by atoms with Crippen LogP contribution >= 0.6 is 0 Å². The molecule has 0 amide bonds. The second-order valence-corrected chi connectivity index (χ2v) is 5.31. The lowest BCUT2D eigenvalue weighted by Crippen LogP contribution is -2.06. The number of fused-ring (bicyclic) bond motifs is 1. The van der Waals surface area contributed by atoms with Crippen LogP contribution < -0.4 is 5.73 Å². The third-order valence-corrected chi connectivity index (χ3v) is 3.84. The number of benzene rings is 1. The second kappa shape index (κ2) is 5.04. The van der Waals surface area contributed by atoms with Gasteiger partial charge in [0.25, 0.3) is 0 Å². The van der Waals surface area contributed by atoms with Crippen LogP contribution in [0.4, 0.5) is 5.69 Å². The summed E-state index contributed by atoms with van der Waals surface area (Å²) in [7, 11) is 0. The van der Waals surface area contributed by atoms with Gasteiger partial charge < -0.3 is 10.3 Å². The minimum Gasteiger partial charge on any atom is -0.399 e. The largest absolute Gasteiger partial charge is 0.399 e. The summed E-state index contributed by atoms with van der Waals surface area (Å²) in [5.41, 5.74) is 8.90. The summed E-state index contributed by atoms with van der Waals surface area (Å²) in [4.78, 5) is 0. The van der Waals surface area contributed by atoms with Crippen molar-refractivity contribution >= 4 is 16.6 Å². The summed E-state index contributed by atoms with van der Waals surface area (Å²) in [6.45, 7) is 5.13. The van der Waals surface area contributed by atoms with Crippen LogP contribution in [0.2, 0.25) is 0 Å². The van der Waals surface area contributed by atoms with Gasteiger partial charge in [-0.1, -0.05) is 13.0 Å². The number of hydrogen-bond acceptors (Lipinski definition) is 2. The molecule has 0 fully saturated rings. The van der Waals surface area contributed by atoms with Crippen LogP contribution in [0.5, 0.6) is 0 Å². The highest BCUT2D eigenvalue weighted by molar-refractivity contribution is 5.83. The molecule has 2 heterocycles. The molecule has 3 aromatic rings. The number of rotatable bonds is 4. The quantitative estimate of drug-likeness (QED) is 0.737. The zero-order chi connectivity index (χ0) is 14.1. The van der Waals surface area contributed by atoms with Crippen LogP contribution in [0.3, 0.4) is 0 Å². The number of nitrogens with two attached hydrogens (primary N) is 1. The van der Waals surface area contributed by atoms with E-state index in [1.807, 2.05) is 16.8 Å². The smallest absolute Gasteiger partial charge is 0.0821 e. The Morgan fingerprint density at radius 3 is 2.85 bits per heavy atom. The SMILES string of the molecule is CCC(C)n1ccc(Cn2ccc3ccc(N)cc32)n1. The molecule has 4 heteroatoms. The van der Waals surface area contributed by atoms with Gasteiger partial charge in [0.2, 0.25) is 0 Å². The number of nitrogen functional groups attached to an aromatic ring is 1. The summed E-state index contributed by atoms with van der Waals surface area (Å²) in [6.07, 6.45) is 5.24. The van der Waals surface area contributed by atoms with Gasteiger partial charge in [-0.15, -0.1) is 0 Å². The van der Waals surface area contributed by atoms with E-state index in [2.05, 4.69) is 54.1 Å². The summed E-state index contributed by atoms with van der Waals surface area (Å²) in [6, 6.07) is 10.6. The van der Waals surface area contributed by atoms with Crippen molar-refractivity contribution in [2.24, 2.45) is 0 Å². The van der Waals surface area contributed by atoms with Crippen molar-refractivity contribution in [2.45, 2.75) is 32.9 Å². The molecule has 3 rings (SSSR count). The summed E-state index contributed by atoms with van der Waals surface area (Å²) in [5.74, 6) is 0. The average Bonchev–Trinajstić information content (AvgIpc) is 3.06. The number of nitrogens with zero attached hydrogens (tertiary/aromatic N) is 3. The molecule has 0 aliphatic rings. The molecule has 1 unspecified atom stereocenters. The minimum absolute atomic E-state index is 0.445. The van der Waals surface area contributed by atoms with Crippen molar-refractivity contribution < 1.29 is 0 Å². The molecule has 0 spiro atoms. The topological polar surface area (TPSA) is 48.8 Å². The Hall–Kier alpha value is -2.23. The standard InChI is InChI=1S/C16H20N4/c1-3-12(2)20-9-7-15(18-20)11-19-8-6-13-4-5-14(17)10-16(13)19/h4-10,12H,3,11,17H2,1-2H3. The maximum Gasteiger partial charge on any atom is 0.0821 e. The van der Waals surface area contributed by atoms with E-state index >= 15 is 0 Å². The van der Waals surface area contributed by atoms with Crippen molar-refractivity contribution in [1.82, 2.24) is 14.3 Å². The Morgan fingerprint density at radius 1 is 1.20 bits per heavy atom. The lowest BCUT2D eigenvalue weighted by atomic mass is 10.2. The fourth-order valence-corrected chi connectivity index (χ4v) is 2.41. The van der Waals surface area contributed by atoms with E-state index < -0.39 is 0 Å². The Bertz CT molecular complexity index is 723. The molecule has 104 valence electrons. The molecule has 0 saturated heterocycles. The van der Waals surface area contributed by atoms with Gasteiger partial charge in [-0.25, -0.2) is 0 Å². The van der Waals surface area contributed by atoms with Gasteiger partial charge in [0.05, 0.1) is 17.8 Å². The van der Waals surface area contributed by atoms with Crippen molar-refractivity contribution in [3.8, 4) is 0 Å². The molecule has 2 aromatic heterocycles. The summed E-state index contributed by atoms with van der Waals surface area (Å²) in [5, 5.41) is 5.86. The van der Waals surface area contributed by atoms with Crippen LogP contribution in [0, 0.1) is 0 Å². The molecule has 0 aliphatic carbocycles. The molecule has 20 heavy (non-hydrogen) atoms. The van der Waals surface area contributed by atoms with Gasteiger partial charge in [0.1, 0.15) is 0 Å². The molecular formula is C16H20N4. The van der Waals surface area contributed by atoms with Crippen LogP contribution in [0.1, 0.15) is 32.0 Å². The third kappa shape index (κ3) is 2.29. The molecule has 0 aliphatic heterocycles. The first-order valence-electron chi connectivity index (χ1n) is 7.06. The van der Waals surface area contributed by atoms with Gasteiger partial charge in [0.15, 0.2) is 0 Å². The molecule has 4 nitrogen and oxygen atoms in total. The first-order chi connectivity index (χ1) is 9.67. The first-order valence-corrected chi connectivity index (χ1v) is 7.06. The molecule has 0 saturated carbocycles. The normalized spacial score (nSPS) is 12.9. The lowest BCUT2D eigenvalue weighted by Gasteiger charge is -2.08. The molecule has 1 atom stereocenters. The van der Waals surface area contributed by atoms with Gasteiger partial charge in [-0.05, 0) is 43.0 Å². The zero-order valence-electron chi connectivity index (χ0n) is 12.0. The van der Waals surface area contributed by atoms with Crippen LogP contribution in [0.15, 0.2) is 42.7 Å². The van der Waals surface area contributed by atoms with E-state index in [1.54, 1.807) is 0 Å². The van der Waals surface area contributed by atoms with Crippen LogP contribution in [0.25, 0.3) is 10.9 Å². The number of aromatic nitrogens is 3. The number of hydrogen-bond donors (Lipinski definition) is 1.